The summed E-state index contributed by atoms with van der Waals surface area (Å²) in [4.78, 5) is 0. The molecule has 2 heteroatoms. The summed E-state index contributed by atoms with van der Waals surface area (Å²) in [6.07, 6.45) is 1.02. The van der Waals surface area contributed by atoms with Crippen molar-refractivity contribution in [3.8, 4) is 17.6 Å². The van der Waals surface area contributed by atoms with Gasteiger partial charge in [0.05, 0.1) is 13.2 Å². The molecule has 2 N–H and O–H groups in total. The van der Waals surface area contributed by atoms with Crippen molar-refractivity contribution in [3.63, 3.8) is 0 Å². The lowest BCUT2D eigenvalue weighted by Crippen LogP contribution is -1.94. The molecule has 0 heterocycles. The van der Waals surface area contributed by atoms with Crippen LogP contribution in [-0.4, -0.2) is 13.2 Å². The van der Waals surface area contributed by atoms with Gasteiger partial charge in [0.2, 0.25) is 0 Å². The Morgan fingerprint density at radius 1 is 1.11 bits per heavy atom. The highest BCUT2D eigenvalue weighted by molar-refractivity contribution is 5.85. The van der Waals surface area contributed by atoms with Crippen molar-refractivity contribution < 1.29 is 4.74 Å². The fourth-order valence-corrected chi connectivity index (χ4v) is 1.76. The quantitative estimate of drug-likeness (QED) is 0.836. The maximum absolute atomic E-state index is 5.61. The summed E-state index contributed by atoms with van der Waals surface area (Å²) in [7, 11) is 0. The van der Waals surface area contributed by atoms with Crippen LogP contribution in [0.5, 0.6) is 5.75 Å². The minimum atomic E-state index is 0.391. The fourth-order valence-electron chi connectivity index (χ4n) is 1.76. The van der Waals surface area contributed by atoms with Gasteiger partial charge < -0.3 is 10.5 Å². The molecule has 92 valence electrons. The third-order valence-corrected chi connectivity index (χ3v) is 2.62. The van der Waals surface area contributed by atoms with E-state index in [9.17, 15) is 0 Å². The smallest absolute Gasteiger partial charge is 0.119 e. The van der Waals surface area contributed by atoms with Gasteiger partial charge in [-0.05, 0) is 41.5 Å². The van der Waals surface area contributed by atoms with E-state index in [1.165, 1.54) is 10.8 Å². The summed E-state index contributed by atoms with van der Waals surface area (Å²) < 4.78 is 5.61. The fraction of sp³-hybridized carbons (Fsp3) is 0.250. The largest absolute Gasteiger partial charge is 0.494 e. The minimum Gasteiger partial charge on any atom is -0.494 e. The predicted molar refractivity (Wildman–Crippen MR) is 75.7 cm³/mol. The van der Waals surface area contributed by atoms with Gasteiger partial charge in [-0.1, -0.05) is 30.9 Å². The van der Waals surface area contributed by atoms with Crippen LogP contribution in [0.4, 0.5) is 0 Å². The molecule has 0 atom stereocenters. The molecular weight excluding hydrogens is 222 g/mol. The Hall–Kier alpha value is -1.98. The van der Waals surface area contributed by atoms with Crippen LogP contribution in [0.2, 0.25) is 0 Å². The predicted octanol–water partition coefficient (Wildman–Crippen LogP) is 2.94. The Kier molecular flexibility index (Phi) is 4.22. The number of hydrogen-bond donors (Lipinski definition) is 1. The molecule has 0 bridgehead atoms. The molecule has 2 aromatic carbocycles. The van der Waals surface area contributed by atoms with Gasteiger partial charge in [0.15, 0.2) is 0 Å². The van der Waals surface area contributed by atoms with E-state index < -0.39 is 0 Å². The van der Waals surface area contributed by atoms with E-state index >= 15 is 0 Å². The Bertz CT molecular complexity index is 593. The molecule has 0 aliphatic carbocycles. The van der Waals surface area contributed by atoms with Crippen LogP contribution >= 0.6 is 0 Å². The molecule has 0 aliphatic heterocycles. The summed E-state index contributed by atoms with van der Waals surface area (Å²) in [5.74, 6) is 6.82. The molecule has 0 fully saturated rings. The van der Waals surface area contributed by atoms with Crippen LogP contribution in [-0.2, 0) is 0 Å². The lowest BCUT2D eigenvalue weighted by atomic mass is 10.1. The van der Waals surface area contributed by atoms with Crippen molar-refractivity contribution in [2.75, 3.05) is 13.2 Å². The van der Waals surface area contributed by atoms with Gasteiger partial charge in [0.25, 0.3) is 0 Å². The average Bonchev–Trinajstić information content (AvgIpc) is 2.42. The van der Waals surface area contributed by atoms with Crippen LogP contribution in [0.1, 0.15) is 18.9 Å². The summed E-state index contributed by atoms with van der Waals surface area (Å²) in [6.45, 7) is 3.25. The van der Waals surface area contributed by atoms with E-state index in [2.05, 4.69) is 43.0 Å². The zero-order chi connectivity index (χ0) is 12.8. The van der Waals surface area contributed by atoms with Crippen molar-refractivity contribution in [2.45, 2.75) is 13.3 Å². The molecule has 2 nitrogen and oxygen atoms in total. The molecule has 0 radical (unpaired) electrons. The summed E-state index contributed by atoms with van der Waals surface area (Å²) in [6, 6.07) is 12.3. The van der Waals surface area contributed by atoms with Gasteiger partial charge in [0, 0.05) is 5.56 Å². The SMILES string of the molecule is CCCOc1ccc2cc(C#CCN)ccc2c1. The monoisotopic (exact) mass is 239 g/mol. The second-order valence-electron chi connectivity index (χ2n) is 4.08. The first-order valence-corrected chi connectivity index (χ1v) is 6.19. The highest BCUT2D eigenvalue weighted by Crippen LogP contribution is 2.22. The van der Waals surface area contributed by atoms with Crippen LogP contribution in [0.25, 0.3) is 10.8 Å². The maximum Gasteiger partial charge on any atom is 0.119 e. The molecule has 0 amide bonds. The van der Waals surface area contributed by atoms with E-state index in [4.69, 9.17) is 10.5 Å². The number of fused-ring (bicyclic) bond motifs is 1. The number of ether oxygens (including phenoxy) is 1. The van der Waals surface area contributed by atoms with Gasteiger partial charge in [-0.15, -0.1) is 0 Å². The minimum absolute atomic E-state index is 0.391. The first-order valence-electron chi connectivity index (χ1n) is 6.19. The molecule has 0 unspecified atom stereocenters. The van der Waals surface area contributed by atoms with Crippen LogP contribution in [0.15, 0.2) is 36.4 Å². The van der Waals surface area contributed by atoms with Gasteiger partial charge in [0.1, 0.15) is 5.75 Å². The Labute approximate surface area is 108 Å². The third kappa shape index (κ3) is 3.03. The molecule has 0 saturated heterocycles. The lowest BCUT2D eigenvalue weighted by molar-refractivity contribution is 0.318. The first kappa shape index (κ1) is 12.5. The zero-order valence-corrected chi connectivity index (χ0v) is 10.6. The summed E-state index contributed by atoms with van der Waals surface area (Å²) in [5, 5.41) is 2.34. The molecular formula is C16H17NO. The second-order valence-corrected chi connectivity index (χ2v) is 4.08. The summed E-state index contributed by atoms with van der Waals surface area (Å²) >= 11 is 0. The second kappa shape index (κ2) is 6.09. The van der Waals surface area contributed by atoms with E-state index in [0.717, 1.165) is 24.3 Å². The van der Waals surface area contributed by atoms with Gasteiger partial charge >= 0.3 is 0 Å². The zero-order valence-electron chi connectivity index (χ0n) is 10.6. The van der Waals surface area contributed by atoms with Crippen molar-refractivity contribution in [1.82, 2.24) is 0 Å². The number of benzene rings is 2. The molecule has 0 saturated carbocycles. The van der Waals surface area contributed by atoms with E-state index in [1.54, 1.807) is 0 Å². The van der Waals surface area contributed by atoms with Crippen molar-refractivity contribution in [2.24, 2.45) is 5.73 Å². The first-order chi connectivity index (χ1) is 8.83. The Balaban J connectivity index is 2.30. The number of hydrogen-bond acceptors (Lipinski definition) is 2. The van der Waals surface area contributed by atoms with Gasteiger partial charge in [-0.3, -0.25) is 0 Å². The van der Waals surface area contributed by atoms with Crippen molar-refractivity contribution in [3.05, 3.63) is 42.0 Å². The normalized spacial score (nSPS) is 9.89. The van der Waals surface area contributed by atoms with E-state index in [-0.39, 0.29) is 0 Å². The Morgan fingerprint density at radius 2 is 1.89 bits per heavy atom. The maximum atomic E-state index is 5.61. The van der Waals surface area contributed by atoms with Crippen LogP contribution < -0.4 is 10.5 Å². The topological polar surface area (TPSA) is 35.2 Å². The molecule has 0 spiro atoms. The standard InChI is InChI=1S/C16H17NO/c1-2-10-18-16-8-7-14-11-13(4-3-9-17)5-6-15(14)12-16/h5-8,11-12H,2,9-10,17H2,1H3. The number of rotatable bonds is 3. The van der Waals surface area contributed by atoms with E-state index in [1.807, 2.05) is 12.1 Å². The van der Waals surface area contributed by atoms with Gasteiger partial charge in [-0.25, -0.2) is 0 Å². The molecule has 2 aromatic rings. The molecule has 0 aromatic heterocycles. The number of nitrogens with two attached hydrogens (primary N) is 1. The highest BCUT2D eigenvalue weighted by Gasteiger charge is 1.98. The average molecular weight is 239 g/mol. The lowest BCUT2D eigenvalue weighted by Gasteiger charge is -2.06. The van der Waals surface area contributed by atoms with Crippen LogP contribution in [0, 0.1) is 11.8 Å². The molecule has 18 heavy (non-hydrogen) atoms. The Morgan fingerprint density at radius 3 is 2.67 bits per heavy atom. The highest BCUT2D eigenvalue weighted by atomic mass is 16.5. The molecule has 0 aliphatic rings. The summed E-state index contributed by atoms with van der Waals surface area (Å²) in [5.41, 5.74) is 6.36. The van der Waals surface area contributed by atoms with E-state index in [0.29, 0.717) is 6.54 Å². The van der Waals surface area contributed by atoms with Crippen molar-refractivity contribution >= 4 is 10.8 Å². The third-order valence-electron chi connectivity index (χ3n) is 2.62. The van der Waals surface area contributed by atoms with Crippen molar-refractivity contribution in [1.29, 1.82) is 0 Å². The van der Waals surface area contributed by atoms with Crippen LogP contribution in [0.3, 0.4) is 0 Å². The van der Waals surface area contributed by atoms with Gasteiger partial charge in [-0.2, -0.15) is 0 Å². The molecule has 2 rings (SSSR count).